The van der Waals surface area contributed by atoms with E-state index in [0.717, 1.165) is 25.0 Å². The van der Waals surface area contributed by atoms with E-state index < -0.39 is 0 Å². The maximum atomic E-state index is 9.19. The number of rotatable bonds is 3. The molecular weight excluding hydrogens is 246 g/mol. The molecule has 1 aliphatic carbocycles. The number of halogens is 1. The molecule has 0 N–H and O–H groups in total. The second kappa shape index (κ2) is 6.11. The highest BCUT2D eigenvalue weighted by atomic mass is 35.5. The van der Waals surface area contributed by atoms with Crippen molar-refractivity contribution in [3.8, 4) is 11.8 Å². The predicted octanol–water partition coefficient (Wildman–Crippen LogP) is 4.44. The van der Waals surface area contributed by atoms with Crippen molar-refractivity contribution in [2.75, 3.05) is 0 Å². The first-order valence-electron chi connectivity index (χ1n) is 6.54. The quantitative estimate of drug-likeness (QED) is 0.808. The van der Waals surface area contributed by atoms with Crippen molar-refractivity contribution in [2.24, 2.45) is 11.8 Å². The van der Waals surface area contributed by atoms with Gasteiger partial charge in [0.15, 0.2) is 0 Å². The van der Waals surface area contributed by atoms with Crippen LogP contribution in [0.4, 0.5) is 0 Å². The topological polar surface area (TPSA) is 33.0 Å². The molecular formula is C15H18ClNO. The van der Waals surface area contributed by atoms with Gasteiger partial charge < -0.3 is 4.74 Å². The van der Waals surface area contributed by atoms with E-state index in [1.807, 2.05) is 24.3 Å². The Hall–Kier alpha value is -1.20. The molecule has 96 valence electrons. The van der Waals surface area contributed by atoms with Gasteiger partial charge in [-0.2, -0.15) is 5.26 Å². The average molecular weight is 264 g/mol. The zero-order valence-corrected chi connectivity index (χ0v) is 11.4. The molecule has 2 nitrogen and oxygen atoms in total. The first kappa shape index (κ1) is 13.2. The fourth-order valence-electron chi connectivity index (χ4n) is 2.55. The Morgan fingerprint density at radius 1 is 1.33 bits per heavy atom. The number of nitrogens with zero attached hydrogens (tertiary/aromatic N) is 1. The third kappa shape index (κ3) is 3.17. The molecule has 0 radical (unpaired) electrons. The normalized spacial score (nSPS) is 27.5. The summed E-state index contributed by atoms with van der Waals surface area (Å²) in [4.78, 5) is 0. The Bertz CT molecular complexity index is 423. The van der Waals surface area contributed by atoms with Gasteiger partial charge in [-0.1, -0.05) is 24.9 Å². The van der Waals surface area contributed by atoms with Crippen LogP contribution in [0.1, 0.15) is 32.6 Å². The molecule has 3 heteroatoms. The van der Waals surface area contributed by atoms with Crippen LogP contribution in [-0.2, 0) is 0 Å². The van der Waals surface area contributed by atoms with Gasteiger partial charge in [-0.3, -0.25) is 0 Å². The minimum Gasteiger partial charge on any atom is -0.489 e. The van der Waals surface area contributed by atoms with Crippen molar-refractivity contribution in [1.29, 1.82) is 5.26 Å². The molecule has 1 fully saturated rings. The molecule has 1 aromatic carbocycles. The fraction of sp³-hybridized carbons (Fsp3) is 0.533. The monoisotopic (exact) mass is 263 g/mol. The van der Waals surface area contributed by atoms with Crippen molar-refractivity contribution < 1.29 is 4.74 Å². The van der Waals surface area contributed by atoms with Crippen molar-refractivity contribution in [1.82, 2.24) is 0 Å². The summed E-state index contributed by atoms with van der Waals surface area (Å²) in [5.41, 5.74) is 0. The van der Waals surface area contributed by atoms with Gasteiger partial charge in [0.25, 0.3) is 0 Å². The van der Waals surface area contributed by atoms with Crippen molar-refractivity contribution in [3.05, 3.63) is 29.3 Å². The number of hydrogen-bond acceptors (Lipinski definition) is 2. The van der Waals surface area contributed by atoms with E-state index in [0.29, 0.717) is 10.9 Å². The van der Waals surface area contributed by atoms with E-state index in [-0.39, 0.29) is 12.0 Å². The molecule has 1 aromatic rings. The molecule has 1 saturated carbocycles. The minimum absolute atomic E-state index is 0.0171. The van der Waals surface area contributed by atoms with Gasteiger partial charge >= 0.3 is 0 Å². The SMILES string of the molecule is CCC1CCC(C#N)C(Oc2ccc(Cl)cc2)C1. The van der Waals surface area contributed by atoms with Gasteiger partial charge in [-0.25, -0.2) is 0 Å². The van der Waals surface area contributed by atoms with E-state index in [1.54, 1.807) is 0 Å². The summed E-state index contributed by atoms with van der Waals surface area (Å²) in [6.07, 6.45) is 4.27. The Kier molecular flexibility index (Phi) is 4.49. The zero-order valence-electron chi connectivity index (χ0n) is 10.6. The molecule has 0 spiro atoms. The summed E-state index contributed by atoms with van der Waals surface area (Å²) in [6, 6.07) is 9.75. The van der Waals surface area contributed by atoms with E-state index >= 15 is 0 Å². The van der Waals surface area contributed by atoms with E-state index in [9.17, 15) is 5.26 Å². The lowest BCUT2D eigenvalue weighted by Gasteiger charge is -2.32. The number of nitriles is 1. The average Bonchev–Trinajstić information content (AvgIpc) is 2.41. The Morgan fingerprint density at radius 3 is 2.67 bits per heavy atom. The van der Waals surface area contributed by atoms with E-state index in [4.69, 9.17) is 16.3 Å². The van der Waals surface area contributed by atoms with Crippen LogP contribution in [0.15, 0.2) is 24.3 Å². The molecule has 1 aliphatic rings. The smallest absolute Gasteiger partial charge is 0.119 e. The van der Waals surface area contributed by atoms with Crippen LogP contribution in [0.3, 0.4) is 0 Å². The van der Waals surface area contributed by atoms with Crippen molar-refractivity contribution in [2.45, 2.75) is 38.7 Å². The Morgan fingerprint density at radius 2 is 2.06 bits per heavy atom. The molecule has 3 atom stereocenters. The third-order valence-electron chi connectivity index (χ3n) is 3.74. The highest BCUT2D eigenvalue weighted by Gasteiger charge is 2.31. The van der Waals surface area contributed by atoms with Crippen molar-refractivity contribution >= 4 is 11.6 Å². The van der Waals surface area contributed by atoms with Gasteiger partial charge in [-0.05, 0) is 49.4 Å². The number of benzene rings is 1. The largest absolute Gasteiger partial charge is 0.489 e. The van der Waals surface area contributed by atoms with Crippen LogP contribution in [0.5, 0.6) is 5.75 Å². The standard InChI is InChI=1S/C15H18ClNO/c1-2-11-3-4-12(10-17)15(9-11)18-14-7-5-13(16)6-8-14/h5-8,11-12,15H,2-4,9H2,1H3. The second-order valence-corrected chi connectivity index (χ2v) is 5.37. The lowest BCUT2D eigenvalue weighted by molar-refractivity contribution is 0.0893. The van der Waals surface area contributed by atoms with Crippen LogP contribution in [0.25, 0.3) is 0 Å². The number of hydrogen-bond donors (Lipinski definition) is 0. The van der Waals surface area contributed by atoms with E-state index in [1.165, 1.54) is 6.42 Å². The summed E-state index contributed by atoms with van der Waals surface area (Å²) in [6.45, 7) is 2.21. The molecule has 0 amide bonds. The first-order chi connectivity index (χ1) is 8.72. The summed E-state index contributed by atoms with van der Waals surface area (Å²) in [7, 11) is 0. The maximum Gasteiger partial charge on any atom is 0.119 e. The summed E-state index contributed by atoms with van der Waals surface area (Å²) >= 11 is 5.85. The predicted molar refractivity (Wildman–Crippen MR) is 72.6 cm³/mol. The fourth-order valence-corrected chi connectivity index (χ4v) is 2.67. The summed E-state index contributed by atoms with van der Waals surface area (Å²) in [5.74, 6) is 1.51. The van der Waals surface area contributed by atoms with Gasteiger partial charge in [0, 0.05) is 5.02 Å². The van der Waals surface area contributed by atoms with E-state index in [2.05, 4.69) is 13.0 Å². The maximum absolute atomic E-state index is 9.19. The highest BCUT2D eigenvalue weighted by molar-refractivity contribution is 6.30. The zero-order chi connectivity index (χ0) is 13.0. The lowest BCUT2D eigenvalue weighted by Crippen LogP contribution is -2.33. The van der Waals surface area contributed by atoms with Crippen LogP contribution in [0, 0.1) is 23.2 Å². The van der Waals surface area contributed by atoms with Gasteiger partial charge in [0.1, 0.15) is 11.9 Å². The Labute approximate surface area is 114 Å². The molecule has 0 heterocycles. The van der Waals surface area contributed by atoms with Crippen LogP contribution >= 0.6 is 11.6 Å². The molecule has 0 bridgehead atoms. The summed E-state index contributed by atoms with van der Waals surface area (Å²) in [5, 5.41) is 9.89. The van der Waals surface area contributed by atoms with Crippen LogP contribution in [0.2, 0.25) is 5.02 Å². The van der Waals surface area contributed by atoms with Gasteiger partial charge in [0.2, 0.25) is 0 Å². The highest BCUT2D eigenvalue weighted by Crippen LogP contribution is 2.33. The molecule has 0 saturated heterocycles. The Balaban J connectivity index is 2.05. The minimum atomic E-state index is 0.0171. The molecule has 0 aliphatic heterocycles. The van der Waals surface area contributed by atoms with Crippen LogP contribution < -0.4 is 4.74 Å². The molecule has 2 rings (SSSR count). The number of ether oxygens (including phenoxy) is 1. The van der Waals surface area contributed by atoms with Crippen LogP contribution in [-0.4, -0.2) is 6.10 Å². The van der Waals surface area contributed by atoms with Gasteiger partial charge in [-0.15, -0.1) is 0 Å². The third-order valence-corrected chi connectivity index (χ3v) is 4.00. The van der Waals surface area contributed by atoms with Gasteiger partial charge in [0.05, 0.1) is 12.0 Å². The van der Waals surface area contributed by atoms with Crippen molar-refractivity contribution in [3.63, 3.8) is 0 Å². The molecule has 0 aromatic heterocycles. The second-order valence-electron chi connectivity index (χ2n) is 4.93. The lowest BCUT2D eigenvalue weighted by atomic mass is 9.79. The molecule has 3 unspecified atom stereocenters. The first-order valence-corrected chi connectivity index (χ1v) is 6.92. The molecule has 18 heavy (non-hydrogen) atoms. The summed E-state index contributed by atoms with van der Waals surface area (Å²) < 4.78 is 5.96.